The molecule has 2 aliphatic heterocycles. The van der Waals surface area contributed by atoms with Crippen LogP contribution >= 0.6 is 11.3 Å². The summed E-state index contributed by atoms with van der Waals surface area (Å²) in [6, 6.07) is 10.5. The van der Waals surface area contributed by atoms with E-state index in [0.29, 0.717) is 5.92 Å². The number of hydrogen-bond donors (Lipinski definition) is 0. The van der Waals surface area contributed by atoms with Crippen molar-refractivity contribution in [3.63, 3.8) is 0 Å². The maximum atomic E-state index is 13.4. The standard InChI is InChI=1S/C29H31F3N6OS/c1-3-23-27(35(2)28-34-24(16-40-28)20-4-7-22(30)8-5-20)38-14-21(6-9-25(38)33-23)19-10-12-36(13-11-19)15-26(39)37-17-29(31,32)18-37/h4-9,14,16,19H,3,10-13,15,17-18H2,1-2H3. The highest BCUT2D eigenvalue weighted by Gasteiger charge is 2.46. The molecule has 6 rings (SSSR count). The van der Waals surface area contributed by atoms with Gasteiger partial charge in [-0.2, -0.15) is 0 Å². The van der Waals surface area contributed by atoms with Crippen molar-refractivity contribution in [3.05, 3.63) is 65.0 Å². The number of halogens is 3. The molecular weight excluding hydrogens is 537 g/mol. The summed E-state index contributed by atoms with van der Waals surface area (Å²) < 4.78 is 41.8. The Morgan fingerprint density at radius 1 is 1.10 bits per heavy atom. The monoisotopic (exact) mass is 568 g/mol. The maximum Gasteiger partial charge on any atom is 0.282 e. The summed E-state index contributed by atoms with van der Waals surface area (Å²) in [5.74, 6) is -1.92. The summed E-state index contributed by atoms with van der Waals surface area (Å²) in [5, 5.41) is 2.80. The second kappa shape index (κ2) is 10.5. The third kappa shape index (κ3) is 5.19. The zero-order valence-electron chi connectivity index (χ0n) is 22.5. The molecule has 7 nitrogen and oxygen atoms in total. The number of hydrogen-bond acceptors (Lipinski definition) is 6. The minimum absolute atomic E-state index is 0.200. The van der Waals surface area contributed by atoms with E-state index in [2.05, 4.69) is 39.5 Å². The van der Waals surface area contributed by atoms with Crippen LogP contribution in [0.5, 0.6) is 0 Å². The summed E-state index contributed by atoms with van der Waals surface area (Å²) in [7, 11) is 1.99. The number of thiazole rings is 1. The molecule has 1 amide bonds. The lowest BCUT2D eigenvalue weighted by molar-refractivity contribution is -0.166. The van der Waals surface area contributed by atoms with E-state index in [4.69, 9.17) is 9.97 Å². The van der Waals surface area contributed by atoms with Crippen molar-refractivity contribution in [2.75, 3.05) is 44.7 Å². The number of benzene rings is 1. The van der Waals surface area contributed by atoms with Crippen LogP contribution in [0.1, 0.15) is 36.9 Å². The third-order valence-corrected chi connectivity index (χ3v) is 8.79. The van der Waals surface area contributed by atoms with Crippen molar-refractivity contribution in [2.24, 2.45) is 0 Å². The van der Waals surface area contributed by atoms with E-state index in [0.717, 1.165) is 65.9 Å². The number of piperidine rings is 1. The average molecular weight is 569 g/mol. The number of likely N-dealkylation sites (tertiary alicyclic amines) is 2. The van der Waals surface area contributed by atoms with Crippen LogP contribution < -0.4 is 4.90 Å². The summed E-state index contributed by atoms with van der Waals surface area (Å²) in [6.07, 6.45) is 4.71. The number of imidazole rings is 1. The van der Waals surface area contributed by atoms with Gasteiger partial charge >= 0.3 is 0 Å². The zero-order chi connectivity index (χ0) is 28.0. The molecule has 0 aliphatic carbocycles. The number of aryl methyl sites for hydroxylation is 1. The van der Waals surface area contributed by atoms with Crippen LogP contribution in [0.3, 0.4) is 0 Å². The normalized spacial score (nSPS) is 17.8. The van der Waals surface area contributed by atoms with E-state index in [1.807, 2.05) is 12.4 Å². The van der Waals surface area contributed by atoms with Crippen LogP contribution in [0.2, 0.25) is 0 Å². The lowest BCUT2D eigenvalue weighted by Crippen LogP contribution is -2.60. The van der Waals surface area contributed by atoms with Crippen LogP contribution in [0.25, 0.3) is 16.9 Å². The number of fused-ring (bicyclic) bond motifs is 1. The molecule has 0 spiro atoms. The van der Waals surface area contributed by atoms with Gasteiger partial charge in [-0.3, -0.25) is 14.1 Å². The predicted octanol–water partition coefficient (Wildman–Crippen LogP) is 5.58. The zero-order valence-corrected chi connectivity index (χ0v) is 23.3. The molecule has 0 saturated carbocycles. The summed E-state index contributed by atoms with van der Waals surface area (Å²) in [4.78, 5) is 27.4. The van der Waals surface area contributed by atoms with Crippen molar-refractivity contribution in [2.45, 2.75) is 38.0 Å². The van der Waals surface area contributed by atoms with Crippen LogP contribution in [0.15, 0.2) is 48.0 Å². The fourth-order valence-corrected chi connectivity index (χ4v) is 6.40. The number of aromatic nitrogens is 3. The second-order valence-corrected chi connectivity index (χ2v) is 11.5. The molecule has 1 aromatic carbocycles. The van der Waals surface area contributed by atoms with E-state index < -0.39 is 19.0 Å². The van der Waals surface area contributed by atoms with Gasteiger partial charge in [0.05, 0.1) is 31.0 Å². The van der Waals surface area contributed by atoms with E-state index in [9.17, 15) is 18.0 Å². The van der Waals surface area contributed by atoms with E-state index in [-0.39, 0.29) is 18.3 Å². The lowest BCUT2D eigenvalue weighted by atomic mass is 9.90. The fourth-order valence-electron chi connectivity index (χ4n) is 5.60. The van der Waals surface area contributed by atoms with E-state index in [1.165, 1.54) is 33.9 Å². The van der Waals surface area contributed by atoms with Gasteiger partial charge in [0.25, 0.3) is 5.92 Å². The van der Waals surface area contributed by atoms with Gasteiger partial charge in [0.2, 0.25) is 5.91 Å². The number of nitrogens with zero attached hydrogens (tertiary/aromatic N) is 6. The largest absolute Gasteiger partial charge is 0.329 e. The average Bonchev–Trinajstić information content (AvgIpc) is 3.57. The summed E-state index contributed by atoms with van der Waals surface area (Å²) >= 11 is 1.53. The summed E-state index contributed by atoms with van der Waals surface area (Å²) in [6.45, 7) is 2.87. The minimum Gasteiger partial charge on any atom is -0.329 e. The SMILES string of the molecule is CCc1nc2ccc(C3CCN(CC(=O)N4CC(F)(F)C4)CC3)cn2c1N(C)c1nc(-c2ccc(F)cc2)cs1. The first kappa shape index (κ1) is 26.8. The van der Waals surface area contributed by atoms with Crippen LogP contribution in [-0.2, 0) is 11.2 Å². The van der Waals surface area contributed by atoms with Crippen molar-refractivity contribution in [1.82, 2.24) is 24.2 Å². The number of rotatable bonds is 7. The Morgan fingerprint density at radius 2 is 1.82 bits per heavy atom. The van der Waals surface area contributed by atoms with Gasteiger partial charge in [-0.25, -0.2) is 23.1 Å². The highest BCUT2D eigenvalue weighted by molar-refractivity contribution is 7.14. The molecule has 0 bridgehead atoms. The van der Waals surface area contributed by atoms with Gasteiger partial charge in [0, 0.05) is 24.2 Å². The first-order valence-corrected chi connectivity index (χ1v) is 14.4. The lowest BCUT2D eigenvalue weighted by Gasteiger charge is -2.40. The Morgan fingerprint density at radius 3 is 2.50 bits per heavy atom. The molecule has 2 fully saturated rings. The van der Waals surface area contributed by atoms with Crippen LogP contribution in [0.4, 0.5) is 24.1 Å². The number of pyridine rings is 1. The first-order chi connectivity index (χ1) is 19.2. The van der Waals surface area contributed by atoms with Gasteiger partial charge in [-0.15, -0.1) is 11.3 Å². The molecule has 11 heteroatoms. The van der Waals surface area contributed by atoms with Crippen molar-refractivity contribution in [1.29, 1.82) is 0 Å². The smallest absolute Gasteiger partial charge is 0.282 e. The third-order valence-electron chi connectivity index (χ3n) is 7.87. The minimum atomic E-state index is -2.73. The van der Waals surface area contributed by atoms with Crippen LogP contribution in [-0.4, -0.2) is 75.8 Å². The van der Waals surface area contributed by atoms with E-state index >= 15 is 0 Å². The number of anilines is 2. The number of amides is 1. The van der Waals surface area contributed by atoms with Gasteiger partial charge in [-0.05, 0) is 74.2 Å². The van der Waals surface area contributed by atoms with Gasteiger partial charge < -0.3 is 9.80 Å². The van der Waals surface area contributed by atoms with Crippen molar-refractivity contribution < 1.29 is 18.0 Å². The maximum absolute atomic E-state index is 13.4. The van der Waals surface area contributed by atoms with Gasteiger partial charge in [0.15, 0.2) is 5.13 Å². The van der Waals surface area contributed by atoms with Gasteiger partial charge in [-0.1, -0.05) is 13.0 Å². The van der Waals surface area contributed by atoms with Crippen LogP contribution in [0, 0.1) is 5.82 Å². The molecule has 5 heterocycles. The quantitative estimate of drug-likeness (QED) is 0.291. The molecule has 0 unspecified atom stereocenters. The number of carbonyl (C=O) groups is 1. The van der Waals surface area contributed by atoms with Gasteiger partial charge in [0.1, 0.15) is 17.3 Å². The molecule has 2 aliphatic rings. The molecule has 40 heavy (non-hydrogen) atoms. The number of carbonyl (C=O) groups excluding carboxylic acids is 1. The molecule has 0 radical (unpaired) electrons. The molecule has 2 saturated heterocycles. The topological polar surface area (TPSA) is 57.0 Å². The predicted molar refractivity (Wildman–Crippen MR) is 150 cm³/mol. The first-order valence-electron chi connectivity index (χ1n) is 13.5. The molecule has 4 aromatic rings. The fraction of sp³-hybridized carbons (Fsp3) is 0.414. The Kier molecular flexibility index (Phi) is 7.03. The van der Waals surface area contributed by atoms with E-state index in [1.54, 1.807) is 12.1 Å². The number of alkyl halides is 2. The molecule has 0 N–H and O–H groups in total. The van der Waals surface area contributed by atoms with Crippen molar-refractivity contribution >= 4 is 33.8 Å². The molecule has 3 aromatic heterocycles. The Bertz CT molecular complexity index is 1520. The van der Waals surface area contributed by atoms with Crippen molar-refractivity contribution in [3.8, 4) is 11.3 Å². The summed E-state index contributed by atoms with van der Waals surface area (Å²) in [5.41, 5.74) is 4.72. The highest BCUT2D eigenvalue weighted by Crippen LogP contribution is 2.35. The molecular formula is C29H31F3N6OS. The highest BCUT2D eigenvalue weighted by atomic mass is 32.1. The molecule has 210 valence electrons. The Hall–Kier alpha value is -3.44. The second-order valence-electron chi connectivity index (χ2n) is 10.7. The molecule has 0 atom stereocenters. The Balaban J connectivity index is 1.18. The Labute approximate surface area is 234 Å².